The lowest BCUT2D eigenvalue weighted by Gasteiger charge is -2.44. The molecule has 42 heavy (non-hydrogen) atoms. The average molecular weight is 578 g/mol. The van der Waals surface area contributed by atoms with Crippen LogP contribution in [-0.2, 0) is 17.8 Å². The maximum absolute atomic E-state index is 13.6. The molecule has 1 saturated carbocycles. The monoisotopic (exact) mass is 577 g/mol. The molecule has 1 saturated heterocycles. The molecule has 0 aromatic heterocycles. The molecule has 2 aliphatic heterocycles. The number of urea groups is 1. The van der Waals surface area contributed by atoms with Crippen molar-refractivity contribution in [3.63, 3.8) is 0 Å². The minimum absolute atomic E-state index is 0.0461. The van der Waals surface area contributed by atoms with Crippen molar-refractivity contribution in [1.29, 1.82) is 5.26 Å². The summed E-state index contributed by atoms with van der Waals surface area (Å²) in [6.45, 7) is 9.91. The zero-order chi connectivity index (χ0) is 30.2. The lowest BCUT2D eigenvalue weighted by Crippen LogP contribution is -2.60. The molecule has 3 N–H and O–H groups in total. The van der Waals surface area contributed by atoms with E-state index in [9.17, 15) is 14.4 Å². The lowest BCUT2D eigenvalue weighted by molar-refractivity contribution is -0.134. The first-order valence-corrected chi connectivity index (χ1v) is 14.5. The molecule has 2 amide bonds. The van der Waals surface area contributed by atoms with Crippen LogP contribution in [0.3, 0.4) is 0 Å². The average Bonchev–Trinajstić information content (AvgIpc) is 3.76. The van der Waals surface area contributed by atoms with Crippen LogP contribution in [0.25, 0.3) is 0 Å². The summed E-state index contributed by atoms with van der Waals surface area (Å²) in [7, 11) is 0. The predicted octanol–water partition coefficient (Wildman–Crippen LogP) is 4.62. The molecule has 2 heterocycles. The number of fused-ring (bicyclic) bond motifs is 1. The number of anilines is 1. The molecule has 1 unspecified atom stereocenters. The third-order valence-electron chi connectivity index (χ3n) is 7.75. The van der Waals surface area contributed by atoms with Crippen molar-refractivity contribution in [1.82, 2.24) is 20.0 Å². The number of benzene rings is 2. The van der Waals surface area contributed by atoms with E-state index in [1.54, 1.807) is 17.0 Å². The number of nitrogens with one attached hydrogen (secondary N) is 2. The second-order valence-corrected chi connectivity index (χ2v) is 11.4. The smallest absolute Gasteiger partial charge is 0.321 e. The van der Waals surface area contributed by atoms with Crippen molar-refractivity contribution in [3.8, 4) is 6.19 Å². The molecule has 0 bridgehead atoms. The summed E-state index contributed by atoms with van der Waals surface area (Å²) in [6, 6.07) is 11.9. The number of amides is 2. The van der Waals surface area contributed by atoms with Gasteiger partial charge in [0, 0.05) is 51.9 Å². The third-order valence-corrected chi connectivity index (χ3v) is 7.75. The number of nitrogens with zero attached hydrogens (tertiary/aromatic N) is 5. The molecule has 3 aliphatic rings. The highest BCUT2D eigenvalue weighted by Crippen LogP contribution is 2.34. The SMILES string of the molecule is CC(=O)O.CC(C)C1CN(C(=O)Nc2cccc(F)c2)CCN1C(=Nc1cccc2c1CCN(CC1CC1)C2)NC#N. The van der Waals surface area contributed by atoms with Crippen molar-refractivity contribution in [3.05, 3.63) is 59.4 Å². The number of aliphatic carboxylic acids is 1. The molecular weight excluding hydrogens is 537 g/mol. The van der Waals surface area contributed by atoms with Gasteiger partial charge in [-0.3, -0.25) is 15.0 Å². The van der Waals surface area contributed by atoms with Gasteiger partial charge in [0.25, 0.3) is 5.97 Å². The Labute approximate surface area is 246 Å². The molecule has 0 radical (unpaired) electrons. The Balaban J connectivity index is 0.000000952. The molecule has 10 nitrogen and oxygen atoms in total. The van der Waals surface area contributed by atoms with Gasteiger partial charge in [0.05, 0.1) is 11.7 Å². The van der Waals surface area contributed by atoms with Gasteiger partial charge < -0.3 is 20.2 Å². The summed E-state index contributed by atoms with van der Waals surface area (Å²) in [5.74, 6) is 0.359. The summed E-state index contributed by atoms with van der Waals surface area (Å²) >= 11 is 0. The van der Waals surface area contributed by atoms with Gasteiger partial charge in [-0.05, 0) is 66.5 Å². The second kappa shape index (κ2) is 14.1. The van der Waals surface area contributed by atoms with Gasteiger partial charge in [0.15, 0.2) is 6.19 Å². The van der Waals surface area contributed by atoms with E-state index in [2.05, 4.69) is 52.6 Å². The zero-order valence-electron chi connectivity index (χ0n) is 24.5. The summed E-state index contributed by atoms with van der Waals surface area (Å²) in [4.78, 5) is 33.4. The molecule has 2 aromatic carbocycles. The minimum Gasteiger partial charge on any atom is -0.481 e. The summed E-state index contributed by atoms with van der Waals surface area (Å²) in [5, 5.41) is 22.6. The number of halogens is 1. The van der Waals surface area contributed by atoms with E-state index in [4.69, 9.17) is 14.9 Å². The lowest BCUT2D eigenvalue weighted by atomic mass is 9.97. The number of piperazine rings is 1. The second-order valence-electron chi connectivity index (χ2n) is 11.4. The maximum Gasteiger partial charge on any atom is 0.321 e. The highest BCUT2D eigenvalue weighted by atomic mass is 19.1. The molecule has 0 spiro atoms. The van der Waals surface area contributed by atoms with Crippen LogP contribution in [0.1, 0.15) is 44.7 Å². The van der Waals surface area contributed by atoms with Crippen LogP contribution >= 0.6 is 0 Å². The number of nitriles is 1. The van der Waals surface area contributed by atoms with Crippen molar-refractivity contribution in [2.75, 3.05) is 38.0 Å². The van der Waals surface area contributed by atoms with E-state index in [-0.39, 0.29) is 18.0 Å². The number of carbonyl (C=O) groups excluding carboxylic acids is 1. The molecular formula is C31H40FN7O3. The van der Waals surface area contributed by atoms with Crippen molar-refractivity contribution in [2.24, 2.45) is 16.8 Å². The Morgan fingerprint density at radius 3 is 2.57 bits per heavy atom. The van der Waals surface area contributed by atoms with E-state index < -0.39 is 11.8 Å². The third kappa shape index (κ3) is 8.42. The number of aliphatic imine (C=N–C) groups is 1. The van der Waals surface area contributed by atoms with Gasteiger partial charge in [0.2, 0.25) is 5.96 Å². The molecule has 5 rings (SSSR count). The van der Waals surface area contributed by atoms with E-state index >= 15 is 0 Å². The Morgan fingerprint density at radius 1 is 1.17 bits per heavy atom. The number of hydrogen-bond acceptors (Lipinski definition) is 5. The highest BCUT2D eigenvalue weighted by molar-refractivity contribution is 5.90. The van der Waals surface area contributed by atoms with Crippen LogP contribution < -0.4 is 10.6 Å². The van der Waals surface area contributed by atoms with Gasteiger partial charge in [0.1, 0.15) is 5.82 Å². The van der Waals surface area contributed by atoms with Crippen LogP contribution in [0.2, 0.25) is 0 Å². The normalized spacial score (nSPS) is 18.9. The first kappa shape index (κ1) is 30.8. The Morgan fingerprint density at radius 2 is 1.90 bits per heavy atom. The quantitative estimate of drug-likeness (QED) is 0.205. The van der Waals surface area contributed by atoms with E-state index in [1.165, 1.54) is 42.6 Å². The van der Waals surface area contributed by atoms with Crippen LogP contribution in [0, 0.1) is 29.1 Å². The Hall–Kier alpha value is -4.17. The number of carboxylic acids is 1. The van der Waals surface area contributed by atoms with Gasteiger partial charge in [-0.2, -0.15) is 5.26 Å². The molecule has 1 aliphatic carbocycles. The fraction of sp³-hybridized carbons (Fsp3) is 0.484. The van der Waals surface area contributed by atoms with Crippen molar-refractivity contribution in [2.45, 2.75) is 52.6 Å². The number of carboxylic acid groups (broad SMARTS) is 1. The number of carbonyl (C=O) groups is 2. The van der Waals surface area contributed by atoms with E-state index in [0.29, 0.717) is 31.3 Å². The van der Waals surface area contributed by atoms with Crippen LogP contribution in [0.5, 0.6) is 0 Å². The topological polar surface area (TPSA) is 124 Å². The van der Waals surface area contributed by atoms with Crippen molar-refractivity contribution < 1.29 is 19.1 Å². The molecule has 1 atom stereocenters. The molecule has 2 fully saturated rings. The Bertz CT molecular complexity index is 1330. The van der Waals surface area contributed by atoms with Crippen LogP contribution in [-0.4, -0.2) is 76.5 Å². The maximum atomic E-state index is 13.6. The fourth-order valence-electron chi connectivity index (χ4n) is 5.50. The van der Waals surface area contributed by atoms with Gasteiger partial charge in [-0.25, -0.2) is 14.2 Å². The molecule has 2 aromatic rings. The minimum atomic E-state index is -0.833. The number of rotatable bonds is 5. The fourth-order valence-corrected chi connectivity index (χ4v) is 5.50. The van der Waals surface area contributed by atoms with Gasteiger partial charge in [-0.15, -0.1) is 0 Å². The summed E-state index contributed by atoms with van der Waals surface area (Å²) in [6.07, 6.45) is 5.73. The van der Waals surface area contributed by atoms with Crippen molar-refractivity contribution >= 4 is 29.3 Å². The summed E-state index contributed by atoms with van der Waals surface area (Å²) in [5.41, 5.74) is 3.90. The Kier molecular flexibility index (Phi) is 10.4. The van der Waals surface area contributed by atoms with E-state index in [0.717, 1.165) is 38.0 Å². The molecule has 224 valence electrons. The standard InChI is InChI=1S/C29H36FN7O.C2H4O2/c1-20(2)27-18-36(29(38)33-24-7-4-6-23(30)15-24)13-14-37(27)28(32-19-31)34-26-8-3-5-22-17-35(12-11-25(22)26)16-21-9-10-21;1-2(3)4/h3-8,15,20-21,27H,9-14,16-18H2,1-2H3,(H,32,34)(H,33,38);1H3,(H,3,4). The first-order chi connectivity index (χ1) is 20.1. The predicted molar refractivity (Wildman–Crippen MR) is 160 cm³/mol. The van der Waals surface area contributed by atoms with Gasteiger partial charge in [-0.1, -0.05) is 32.0 Å². The van der Waals surface area contributed by atoms with Gasteiger partial charge >= 0.3 is 6.03 Å². The number of hydrogen-bond donors (Lipinski definition) is 3. The van der Waals surface area contributed by atoms with E-state index in [1.807, 2.05) is 6.07 Å². The van der Waals surface area contributed by atoms with Crippen LogP contribution in [0.4, 0.5) is 20.6 Å². The molecule has 11 heteroatoms. The highest BCUT2D eigenvalue weighted by Gasteiger charge is 2.34. The number of guanidine groups is 1. The first-order valence-electron chi connectivity index (χ1n) is 14.5. The van der Waals surface area contributed by atoms with Crippen LogP contribution in [0.15, 0.2) is 47.5 Å². The summed E-state index contributed by atoms with van der Waals surface area (Å²) < 4.78 is 13.6. The zero-order valence-corrected chi connectivity index (χ0v) is 24.5. The largest absolute Gasteiger partial charge is 0.481 e.